The molecule has 0 unspecified atom stereocenters. The molecule has 0 bridgehead atoms. The fraction of sp³-hybridized carbons (Fsp3) is 0.100. The summed E-state index contributed by atoms with van der Waals surface area (Å²) in [6, 6.07) is 9.54. The van der Waals surface area contributed by atoms with E-state index in [-0.39, 0.29) is 5.69 Å². The molecule has 15 heavy (non-hydrogen) atoms. The number of carbonyl (C=O) groups is 1. The molecule has 1 aromatic carbocycles. The minimum atomic E-state index is -1.06. The van der Waals surface area contributed by atoms with Crippen molar-refractivity contribution < 1.29 is 9.90 Å². The molecule has 1 heterocycles. The van der Waals surface area contributed by atoms with E-state index in [1.165, 1.54) is 0 Å². The number of nitrogens with zero attached hydrogens (tertiary/aromatic N) is 2. The second-order valence-corrected chi connectivity index (χ2v) is 3.09. The molecule has 1 aromatic heterocycles. The topological polar surface area (TPSA) is 78.9 Å². The second kappa shape index (κ2) is 3.91. The van der Waals surface area contributed by atoms with Crippen molar-refractivity contribution in [2.75, 3.05) is 0 Å². The first-order valence-electron chi connectivity index (χ1n) is 4.44. The number of nitrogens with one attached hydrogen (secondary N) is 1. The maximum Gasteiger partial charge on any atom is 0.358 e. The number of aromatic nitrogens is 3. The largest absolute Gasteiger partial charge is 0.476 e. The van der Waals surface area contributed by atoms with Gasteiger partial charge in [-0.1, -0.05) is 30.3 Å². The van der Waals surface area contributed by atoms with Crippen molar-refractivity contribution in [1.29, 1.82) is 0 Å². The van der Waals surface area contributed by atoms with Crippen LogP contribution in [0.3, 0.4) is 0 Å². The van der Waals surface area contributed by atoms with Crippen LogP contribution in [-0.4, -0.2) is 26.5 Å². The molecule has 2 aromatic rings. The minimum absolute atomic E-state index is 0.0150. The normalized spacial score (nSPS) is 10.1. The molecule has 0 spiro atoms. The first-order chi connectivity index (χ1) is 7.27. The third-order valence-corrected chi connectivity index (χ3v) is 2.04. The van der Waals surface area contributed by atoms with Crippen LogP contribution in [0.2, 0.25) is 0 Å². The number of H-pyrrole nitrogens is 1. The molecule has 0 aliphatic carbocycles. The molecule has 0 aliphatic rings. The van der Waals surface area contributed by atoms with Crippen molar-refractivity contribution in [3.8, 4) is 0 Å². The first kappa shape index (κ1) is 9.39. The van der Waals surface area contributed by atoms with Crippen LogP contribution in [0.1, 0.15) is 21.7 Å². The summed E-state index contributed by atoms with van der Waals surface area (Å²) in [6.07, 6.45) is 0.471. The molecule has 0 aliphatic heterocycles. The van der Waals surface area contributed by atoms with Gasteiger partial charge >= 0.3 is 5.97 Å². The summed E-state index contributed by atoms with van der Waals surface area (Å²) < 4.78 is 0. The molecule has 5 nitrogen and oxygen atoms in total. The molecule has 5 heteroatoms. The van der Waals surface area contributed by atoms with Crippen LogP contribution in [-0.2, 0) is 6.42 Å². The summed E-state index contributed by atoms with van der Waals surface area (Å²) in [5, 5.41) is 18.5. The third kappa shape index (κ3) is 2.01. The summed E-state index contributed by atoms with van der Waals surface area (Å²) in [5.74, 6) is -1.06. The Morgan fingerprint density at radius 1 is 1.27 bits per heavy atom. The number of carboxylic acids is 1. The molecule has 0 fully saturated rings. The van der Waals surface area contributed by atoms with Gasteiger partial charge in [-0.15, -0.1) is 5.10 Å². The lowest BCUT2D eigenvalue weighted by atomic mass is 10.1. The number of aromatic carboxylic acids is 1. The quantitative estimate of drug-likeness (QED) is 0.782. The predicted molar refractivity (Wildman–Crippen MR) is 52.6 cm³/mol. The van der Waals surface area contributed by atoms with Crippen molar-refractivity contribution in [3.63, 3.8) is 0 Å². The van der Waals surface area contributed by atoms with Crippen molar-refractivity contribution >= 4 is 5.97 Å². The lowest BCUT2D eigenvalue weighted by Crippen LogP contribution is -2.02. The number of rotatable bonds is 3. The van der Waals surface area contributed by atoms with Gasteiger partial charge in [0.1, 0.15) is 5.69 Å². The predicted octanol–water partition coefficient (Wildman–Crippen LogP) is 1.09. The van der Waals surface area contributed by atoms with Gasteiger partial charge in [-0.3, -0.25) is 0 Å². The van der Waals surface area contributed by atoms with Crippen molar-refractivity contribution in [2.45, 2.75) is 6.42 Å². The Morgan fingerprint density at radius 3 is 2.67 bits per heavy atom. The van der Waals surface area contributed by atoms with Crippen LogP contribution in [0.4, 0.5) is 0 Å². The highest BCUT2D eigenvalue weighted by Crippen LogP contribution is 2.09. The Kier molecular flexibility index (Phi) is 2.45. The van der Waals surface area contributed by atoms with E-state index < -0.39 is 5.97 Å². The molecular formula is C10H9N3O2. The van der Waals surface area contributed by atoms with Gasteiger partial charge in [0.2, 0.25) is 0 Å². The molecule has 0 atom stereocenters. The van der Waals surface area contributed by atoms with Crippen LogP contribution in [0.5, 0.6) is 0 Å². The SMILES string of the molecule is O=C(O)c1n[nH]nc1Cc1ccccc1. The minimum Gasteiger partial charge on any atom is -0.476 e. The third-order valence-electron chi connectivity index (χ3n) is 2.04. The first-order valence-corrected chi connectivity index (χ1v) is 4.44. The number of hydrogen-bond donors (Lipinski definition) is 2. The van der Waals surface area contributed by atoms with E-state index in [0.717, 1.165) is 5.56 Å². The lowest BCUT2D eigenvalue weighted by molar-refractivity contribution is 0.0689. The number of carboxylic acid groups (broad SMARTS) is 1. The van der Waals surface area contributed by atoms with Crippen molar-refractivity contribution in [1.82, 2.24) is 15.4 Å². The highest BCUT2D eigenvalue weighted by Gasteiger charge is 2.14. The average molecular weight is 203 g/mol. The second-order valence-electron chi connectivity index (χ2n) is 3.09. The molecule has 0 saturated heterocycles. The summed E-state index contributed by atoms with van der Waals surface area (Å²) in [7, 11) is 0. The van der Waals surface area contributed by atoms with Gasteiger partial charge in [0.25, 0.3) is 0 Å². The fourth-order valence-corrected chi connectivity index (χ4v) is 1.34. The Labute approximate surface area is 85.8 Å². The van der Waals surface area contributed by atoms with E-state index in [4.69, 9.17) is 5.11 Å². The van der Waals surface area contributed by atoms with Gasteiger partial charge in [-0.2, -0.15) is 10.3 Å². The van der Waals surface area contributed by atoms with Gasteiger partial charge < -0.3 is 5.11 Å². The van der Waals surface area contributed by atoms with E-state index in [1.54, 1.807) is 0 Å². The standard InChI is InChI=1S/C10H9N3O2/c14-10(15)9-8(11-13-12-9)6-7-4-2-1-3-5-7/h1-5H,6H2,(H,14,15)(H,11,12,13). The zero-order chi connectivity index (χ0) is 10.7. The zero-order valence-electron chi connectivity index (χ0n) is 7.84. The highest BCUT2D eigenvalue weighted by molar-refractivity contribution is 5.86. The van der Waals surface area contributed by atoms with E-state index in [1.807, 2.05) is 30.3 Å². The molecule has 0 saturated carbocycles. The summed E-state index contributed by atoms with van der Waals surface area (Å²) in [5.41, 5.74) is 1.45. The molecular weight excluding hydrogens is 194 g/mol. The molecule has 76 valence electrons. The van der Waals surface area contributed by atoms with Crippen LogP contribution in [0, 0.1) is 0 Å². The van der Waals surface area contributed by atoms with E-state index in [0.29, 0.717) is 12.1 Å². The Hall–Kier alpha value is -2.17. The van der Waals surface area contributed by atoms with Gasteiger partial charge in [0.15, 0.2) is 5.69 Å². The monoisotopic (exact) mass is 203 g/mol. The summed E-state index contributed by atoms with van der Waals surface area (Å²) in [6.45, 7) is 0. The van der Waals surface area contributed by atoms with Gasteiger partial charge in [0, 0.05) is 6.42 Å². The molecule has 0 amide bonds. The number of benzene rings is 1. The summed E-state index contributed by atoms with van der Waals surface area (Å²) >= 11 is 0. The van der Waals surface area contributed by atoms with Crippen LogP contribution in [0.25, 0.3) is 0 Å². The average Bonchev–Trinajstić information content (AvgIpc) is 2.67. The van der Waals surface area contributed by atoms with Crippen LogP contribution < -0.4 is 0 Å². The number of hydrogen-bond acceptors (Lipinski definition) is 3. The zero-order valence-corrected chi connectivity index (χ0v) is 7.84. The Morgan fingerprint density at radius 2 is 2.00 bits per heavy atom. The van der Waals surface area contributed by atoms with Gasteiger partial charge in [-0.25, -0.2) is 4.79 Å². The molecule has 2 N–H and O–H groups in total. The van der Waals surface area contributed by atoms with Crippen molar-refractivity contribution in [3.05, 3.63) is 47.3 Å². The summed E-state index contributed by atoms with van der Waals surface area (Å²) in [4.78, 5) is 10.8. The molecule has 2 rings (SSSR count). The highest BCUT2D eigenvalue weighted by atomic mass is 16.4. The van der Waals surface area contributed by atoms with E-state index in [2.05, 4.69) is 15.4 Å². The van der Waals surface area contributed by atoms with Crippen LogP contribution in [0.15, 0.2) is 30.3 Å². The van der Waals surface area contributed by atoms with E-state index >= 15 is 0 Å². The van der Waals surface area contributed by atoms with Gasteiger partial charge in [0.05, 0.1) is 0 Å². The fourth-order valence-electron chi connectivity index (χ4n) is 1.34. The van der Waals surface area contributed by atoms with Crippen LogP contribution >= 0.6 is 0 Å². The van der Waals surface area contributed by atoms with Gasteiger partial charge in [-0.05, 0) is 5.56 Å². The lowest BCUT2D eigenvalue weighted by Gasteiger charge is -1.97. The maximum atomic E-state index is 10.8. The maximum absolute atomic E-state index is 10.8. The number of aromatic amines is 1. The Bertz CT molecular complexity index is 465. The Balaban J connectivity index is 2.25. The van der Waals surface area contributed by atoms with Crippen molar-refractivity contribution in [2.24, 2.45) is 0 Å². The molecule has 0 radical (unpaired) electrons. The van der Waals surface area contributed by atoms with E-state index in [9.17, 15) is 4.79 Å². The smallest absolute Gasteiger partial charge is 0.358 e.